The van der Waals surface area contributed by atoms with Gasteiger partial charge in [-0.1, -0.05) is 141 Å². The molecule has 4 nitrogen and oxygen atoms in total. The Morgan fingerprint density at radius 1 is 0.410 bits per heavy atom. The van der Waals surface area contributed by atoms with Crippen molar-refractivity contribution in [3.8, 4) is 45.1 Å². The predicted octanol–water partition coefficient (Wildman–Crippen LogP) is 14.6. The fourth-order valence-electron chi connectivity index (χ4n) is 10.5. The molecule has 3 heterocycles. The van der Waals surface area contributed by atoms with Crippen molar-refractivity contribution in [2.45, 2.75) is 19.3 Å². The maximum atomic E-state index is 5.43. The van der Waals surface area contributed by atoms with Crippen molar-refractivity contribution in [3.63, 3.8) is 0 Å². The average molecular weight is 779 g/mol. The van der Waals surface area contributed by atoms with Gasteiger partial charge in [0.05, 0.1) is 39.0 Å². The zero-order chi connectivity index (χ0) is 40.4. The molecule has 3 aromatic heterocycles. The van der Waals surface area contributed by atoms with E-state index in [1.165, 1.54) is 60.5 Å². The molecular formula is C57H38N4. The van der Waals surface area contributed by atoms with E-state index < -0.39 is 0 Å². The first-order valence-electron chi connectivity index (χ1n) is 21.1. The van der Waals surface area contributed by atoms with Gasteiger partial charge in [-0.05, 0) is 94.4 Å². The van der Waals surface area contributed by atoms with Gasteiger partial charge in [-0.2, -0.15) is 0 Å². The lowest BCUT2D eigenvalue weighted by atomic mass is 9.81. The smallest absolute Gasteiger partial charge is 0.160 e. The third-order valence-electron chi connectivity index (χ3n) is 13.3. The predicted molar refractivity (Wildman–Crippen MR) is 254 cm³/mol. The van der Waals surface area contributed by atoms with Crippen molar-refractivity contribution >= 4 is 65.3 Å². The van der Waals surface area contributed by atoms with Crippen molar-refractivity contribution in [3.05, 3.63) is 205 Å². The number of fused-ring (bicyclic) bond motifs is 12. The Morgan fingerprint density at radius 2 is 1.02 bits per heavy atom. The van der Waals surface area contributed by atoms with Gasteiger partial charge in [0, 0.05) is 54.5 Å². The molecule has 0 aliphatic heterocycles. The molecule has 61 heavy (non-hydrogen) atoms. The van der Waals surface area contributed by atoms with Crippen LogP contribution in [0.15, 0.2) is 194 Å². The zero-order valence-corrected chi connectivity index (χ0v) is 33.8. The van der Waals surface area contributed by atoms with E-state index in [4.69, 9.17) is 9.97 Å². The molecule has 0 bridgehead atoms. The van der Waals surface area contributed by atoms with Gasteiger partial charge in [-0.15, -0.1) is 0 Å². The number of aromatic nitrogens is 4. The molecule has 0 fully saturated rings. The summed E-state index contributed by atoms with van der Waals surface area (Å²) in [7, 11) is 0. The Labute approximate surface area is 352 Å². The monoisotopic (exact) mass is 778 g/mol. The molecule has 0 amide bonds. The van der Waals surface area contributed by atoms with E-state index in [9.17, 15) is 0 Å². The summed E-state index contributed by atoms with van der Waals surface area (Å²) in [6.07, 6.45) is 0. The summed E-state index contributed by atoms with van der Waals surface area (Å²) >= 11 is 0. The highest BCUT2D eigenvalue weighted by atomic mass is 15.0. The Hall–Kier alpha value is -7.82. The van der Waals surface area contributed by atoms with E-state index in [0.29, 0.717) is 5.82 Å². The minimum Gasteiger partial charge on any atom is -0.309 e. The zero-order valence-electron chi connectivity index (χ0n) is 33.8. The fourth-order valence-corrected chi connectivity index (χ4v) is 10.5. The lowest BCUT2D eigenvalue weighted by Crippen LogP contribution is -2.15. The summed E-state index contributed by atoms with van der Waals surface area (Å²) in [5.74, 6) is 0.712. The van der Waals surface area contributed by atoms with E-state index in [-0.39, 0.29) is 5.41 Å². The molecule has 286 valence electrons. The average Bonchev–Trinajstić information content (AvgIpc) is 3.92. The van der Waals surface area contributed by atoms with Crippen LogP contribution in [-0.2, 0) is 5.41 Å². The maximum absolute atomic E-state index is 5.43. The summed E-state index contributed by atoms with van der Waals surface area (Å²) in [4.78, 5) is 10.8. The minimum absolute atomic E-state index is 0.118. The Morgan fingerprint density at radius 3 is 1.79 bits per heavy atom. The van der Waals surface area contributed by atoms with Crippen LogP contribution in [0.2, 0.25) is 0 Å². The van der Waals surface area contributed by atoms with Gasteiger partial charge in [-0.3, -0.25) is 0 Å². The summed E-state index contributed by atoms with van der Waals surface area (Å²) in [6.45, 7) is 4.67. The van der Waals surface area contributed by atoms with Gasteiger partial charge in [-0.25, -0.2) is 9.97 Å². The second-order valence-corrected chi connectivity index (χ2v) is 17.0. The first kappa shape index (κ1) is 34.1. The largest absolute Gasteiger partial charge is 0.309 e. The maximum Gasteiger partial charge on any atom is 0.160 e. The first-order chi connectivity index (χ1) is 30.0. The molecule has 12 aromatic rings. The normalized spacial score (nSPS) is 13.2. The Bertz CT molecular complexity index is 3740. The van der Waals surface area contributed by atoms with Crippen molar-refractivity contribution in [1.82, 2.24) is 19.1 Å². The molecule has 0 radical (unpaired) electrons. The molecule has 0 N–H and O–H groups in total. The lowest BCUT2D eigenvalue weighted by molar-refractivity contribution is 0.660. The van der Waals surface area contributed by atoms with E-state index >= 15 is 0 Å². The Balaban J connectivity index is 0.986. The molecule has 9 aromatic carbocycles. The van der Waals surface area contributed by atoms with Crippen LogP contribution in [0, 0.1) is 0 Å². The Kier molecular flexibility index (Phi) is 7.04. The summed E-state index contributed by atoms with van der Waals surface area (Å²) < 4.78 is 4.84. The molecule has 0 unspecified atom stereocenters. The SMILES string of the molecule is CC1(C)c2ccccc2-c2ccc(-c3nc(-c4ccc(-n5c6ccccc6c6c(-n7c8ccccc8c8ccccc87)cccc65)cc4)nc4c3ccc3ccccc34)cc21. The van der Waals surface area contributed by atoms with Gasteiger partial charge in [0.1, 0.15) is 0 Å². The van der Waals surface area contributed by atoms with Crippen molar-refractivity contribution in [2.24, 2.45) is 0 Å². The number of para-hydroxylation sites is 3. The van der Waals surface area contributed by atoms with Gasteiger partial charge in [0.25, 0.3) is 0 Å². The van der Waals surface area contributed by atoms with E-state index in [2.05, 4.69) is 217 Å². The van der Waals surface area contributed by atoms with Crippen LogP contribution in [-0.4, -0.2) is 19.1 Å². The van der Waals surface area contributed by atoms with Gasteiger partial charge in [0.15, 0.2) is 5.82 Å². The van der Waals surface area contributed by atoms with Crippen LogP contribution < -0.4 is 0 Å². The van der Waals surface area contributed by atoms with Crippen LogP contribution in [0.1, 0.15) is 25.0 Å². The van der Waals surface area contributed by atoms with Crippen LogP contribution >= 0.6 is 0 Å². The molecule has 4 heteroatoms. The molecule has 1 aliphatic rings. The molecule has 0 saturated carbocycles. The van der Waals surface area contributed by atoms with Crippen LogP contribution in [0.25, 0.3) is 110 Å². The highest BCUT2D eigenvalue weighted by Crippen LogP contribution is 2.50. The number of hydrogen-bond acceptors (Lipinski definition) is 2. The summed E-state index contributed by atoms with van der Waals surface area (Å²) in [6, 6.07) is 70.4. The number of rotatable bonds is 4. The van der Waals surface area contributed by atoms with Gasteiger partial charge < -0.3 is 9.13 Å². The minimum atomic E-state index is -0.118. The van der Waals surface area contributed by atoms with Crippen LogP contribution in [0.4, 0.5) is 0 Å². The highest BCUT2D eigenvalue weighted by Gasteiger charge is 2.35. The summed E-state index contributed by atoms with van der Waals surface area (Å²) in [5.41, 5.74) is 16.2. The van der Waals surface area contributed by atoms with E-state index in [1.54, 1.807) is 0 Å². The van der Waals surface area contributed by atoms with Gasteiger partial charge in [0.2, 0.25) is 0 Å². The highest BCUT2D eigenvalue weighted by molar-refractivity contribution is 6.16. The molecule has 1 aliphatic carbocycles. The molecule has 13 rings (SSSR count). The number of hydrogen-bond donors (Lipinski definition) is 0. The molecular weight excluding hydrogens is 741 g/mol. The number of nitrogens with zero attached hydrogens (tertiary/aromatic N) is 4. The molecule has 0 saturated heterocycles. The lowest BCUT2D eigenvalue weighted by Gasteiger charge is -2.22. The quantitative estimate of drug-likeness (QED) is 0.167. The molecule has 0 atom stereocenters. The number of benzene rings is 9. The topological polar surface area (TPSA) is 35.6 Å². The third kappa shape index (κ3) is 4.82. The van der Waals surface area contributed by atoms with Crippen molar-refractivity contribution < 1.29 is 0 Å². The van der Waals surface area contributed by atoms with Gasteiger partial charge >= 0.3 is 0 Å². The van der Waals surface area contributed by atoms with Crippen LogP contribution in [0.5, 0.6) is 0 Å². The third-order valence-corrected chi connectivity index (χ3v) is 13.3. The van der Waals surface area contributed by atoms with Crippen LogP contribution in [0.3, 0.4) is 0 Å². The first-order valence-corrected chi connectivity index (χ1v) is 21.1. The standard InChI is InChI=1S/C57H38N4/c1-57(2)46-20-9-5-16-40(46)41-32-29-37(34-47(41)57)54-45-33-28-35-14-3-4-15-39(35)55(45)59-56(58-54)36-26-30-38(31-27-36)60-50-23-12-8-19-44(50)53-51(60)24-13-25-52(53)61-48-21-10-6-17-42(48)43-18-7-11-22-49(43)61/h3-34H,1-2H3. The summed E-state index contributed by atoms with van der Waals surface area (Å²) in [5, 5.41) is 8.30. The van der Waals surface area contributed by atoms with Crippen molar-refractivity contribution in [2.75, 3.05) is 0 Å². The van der Waals surface area contributed by atoms with E-state index in [1.807, 2.05) is 0 Å². The van der Waals surface area contributed by atoms with Crippen molar-refractivity contribution in [1.29, 1.82) is 0 Å². The second-order valence-electron chi connectivity index (χ2n) is 17.0. The molecule has 0 spiro atoms. The fraction of sp³-hybridized carbons (Fsp3) is 0.0526. The second kappa shape index (κ2) is 12.6. The van der Waals surface area contributed by atoms with E-state index in [0.717, 1.165) is 55.2 Å².